The molecule has 19 nitrogen and oxygen atoms in total. The van der Waals surface area contributed by atoms with Gasteiger partial charge in [-0.3, -0.25) is 29.3 Å². The quantitative estimate of drug-likeness (QED) is 0.0518. The van der Waals surface area contributed by atoms with Crippen LogP contribution in [0, 0.1) is 11.8 Å². The van der Waals surface area contributed by atoms with E-state index >= 15 is 0 Å². The summed E-state index contributed by atoms with van der Waals surface area (Å²) in [5.41, 5.74) is -1.10. The number of anilines is 1. The number of esters is 1. The van der Waals surface area contributed by atoms with Gasteiger partial charge in [0.15, 0.2) is 5.72 Å². The predicted molar refractivity (Wildman–Crippen MR) is 266 cm³/mol. The number of fused-ring (bicyclic) bond motifs is 5. The number of aliphatic carboxylic acids is 1. The summed E-state index contributed by atoms with van der Waals surface area (Å²) in [6, 6.07) is 2.48. The van der Waals surface area contributed by atoms with Crippen molar-refractivity contribution in [3.8, 4) is 5.75 Å². The molecule has 0 radical (unpaired) electrons. The Balaban J connectivity index is 1.44. The van der Waals surface area contributed by atoms with Crippen LogP contribution in [-0.4, -0.2) is 150 Å². The summed E-state index contributed by atoms with van der Waals surface area (Å²) in [5, 5.41) is 28.8. The molecule has 4 bridgehead atoms. The summed E-state index contributed by atoms with van der Waals surface area (Å²) in [6.45, 7) is 12.9. The topological polar surface area (TPSA) is 252 Å². The minimum atomic E-state index is -1.87. The lowest BCUT2D eigenvalue weighted by atomic mass is 9.83. The maximum atomic E-state index is 14.3. The van der Waals surface area contributed by atoms with Gasteiger partial charge < -0.3 is 54.3 Å². The number of carboxylic acid groups (broad SMARTS) is 1. The average Bonchev–Trinajstić information content (AvgIpc) is 3.99. The number of carbonyl (C=O) groups excluding carboxylic acids is 6. The number of aliphatic hydroxyl groups is 1. The first-order valence-corrected chi connectivity index (χ1v) is 25.9. The largest absolute Gasteiger partial charge is 0.495 e. The highest BCUT2D eigenvalue weighted by molar-refractivity contribution is 8.77. The monoisotopic (exact) mass is 1040 g/mol. The van der Waals surface area contributed by atoms with Crippen molar-refractivity contribution in [1.29, 1.82) is 0 Å². The smallest absolute Gasteiger partial charge is 0.409 e. The van der Waals surface area contributed by atoms with Crippen molar-refractivity contribution in [2.75, 3.05) is 52.1 Å². The molecule has 0 spiro atoms. The minimum Gasteiger partial charge on any atom is -0.495 e. The molecule has 390 valence electrons. The van der Waals surface area contributed by atoms with Crippen LogP contribution in [0.1, 0.15) is 92.6 Å². The highest BCUT2D eigenvalue weighted by atomic mass is 35.5. The molecule has 1 aromatic carbocycles. The summed E-state index contributed by atoms with van der Waals surface area (Å²) < 4.78 is 29.1. The van der Waals surface area contributed by atoms with Crippen molar-refractivity contribution in [2.45, 2.75) is 140 Å². The van der Waals surface area contributed by atoms with Crippen LogP contribution < -0.4 is 25.6 Å². The van der Waals surface area contributed by atoms with Gasteiger partial charge in [0.25, 0.3) is 0 Å². The van der Waals surface area contributed by atoms with Gasteiger partial charge in [-0.25, -0.2) is 9.59 Å². The maximum Gasteiger partial charge on any atom is 0.409 e. The molecule has 3 aliphatic rings. The van der Waals surface area contributed by atoms with Crippen molar-refractivity contribution in [3.63, 3.8) is 0 Å². The number of halogens is 1. The van der Waals surface area contributed by atoms with E-state index < -0.39 is 83.5 Å². The molecule has 5 amide bonds. The van der Waals surface area contributed by atoms with Crippen LogP contribution >= 0.6 is 33.2 Å². The number of hydrogen-bond donors (Lipinski definition) is 5. The molecule has 70 heavy (non-hydrogen) atoms. The Morgan fingerprint density at radius 3 is 2.47 bits per heavy atom. The van der Waals surface area contributed by atoms with E-state index in [1.807, 2.05) is 26.8 Å². The van der Waals surface area contributed by atoms with Gasteiger partial charge in [0.05, 0.1) is 31.7 Å². The number of carbonyl (C=O) groups is 7. The Morgan fingerprint density at radius 2 is 1.81 bits per heavy atom. The van der Waals surface area contributed by atoms with E-state index in [0.717, 1.165) is 11.1 Å². The highest BCUT2D eigenvalue weighted by Gasteiger charge is 2.64. The third-order valence-electron chi connectivity index (χ3n) is 12.8. The summed E-state index contributed by atoms with van der Waals surface area (Å²) in [6.07, 6.45) is 0.873. The second kappa shape index (κ2) is 25.2. The zero-order valence-corrected chi connectivity index (χ0v) is 44.3. The molecule has 22 heteroatoms. The number of hydrogen-bond acceptors (Lipinski definition) is 15. The molecule has 3 aliphatic heterocycles. The Bertz CT molecular complexity index is 2160. The molecule has 4 rings (SSSR count). The molecule has 2 fully saturated rings. The van der Waals surface area contributed by atoms with Crippen LogP contribution in [0.5, 0.6) is 5.75 Å². The number of nitrogens with zero attached hydrogens (tertiary/aromatic N) is 2. The third kappa shape index (κ3) is 15.7. The number of nitrogens with one attached hydrogen (secondary N) is 3. The highest BCUT2D eigenvalue weighted by Crippen LogP contribution is 2.49. The molecule has 1 aromatic rings. The number of benzene rings is 1. The zero-order valence-electron chi connectivity index (χ0n) is 41.9. The number of epoxide rings is 1. The van der Waals surface area contributed by atoms with E-state index in [1.165, 1.54) is 55.7 Å². The number of methoxy groups -OCH3 is 2. The lowest BCUT2D eigenvalue weighted by Crippen LogP contribution is -2.63. The molecule has 2 saturated heterocycles. The van der Waals surface area contributed by atoms with Gasteiger partial charge in [0.1, 0.15) is 40.7 Å². The SMILES string of the molecule is COc1cc2cc(c1Cl)N(C)C(=O)C[C@H](OC(=O)[C@H](C)N(C)C(=O)CCC(C)(C)SSCCNC(=O)CCNC(=O)C(C)CC(=O)O)[C@]1(C)O[C@H]1[C@H](C)[C@@H]1C[C@@](O)(NC(=O)O1)[C@H](OC)/C=C/C=C(\C)C2. The van der Waals surface area contributed by atoms with Gasteiger partial charge >= 0.3 is 18.0 Å². The number of allylic oxidation sites excluding steroid dienone is 3. The van der Waals surface area contributed by atoms with Gasteiger partial charge in [0, 0.05) is 75.9 Å². The first kappa shape index (κ1) is 58.0. The normalized spacial score (nSPS) is 27.0. The lowest BCUT2D eigenvalue weighted by molar-refractivity contribution is -0.162. The predicted octanol–water partition coefficient (Wildman–Crippen LogP) is 5.19. The molecule has 0 aliphatic carbocycles. The molecule has 5 N–H and O–H groups in total. The van der Waals surface area contributed by atoms with Crippen LogP contribution in [0.15, 0.2) is 35.9 Å². The first-order valence-electron chi connectivity index (χ1n) is 23.2. The van der Waals surface area contributed by atoms with Crippen molar-refractivity contribution < 1.29 is 67.5 Å². The second-order valence-electron chi connectivity index (χ2n) is 19.0. The van der Waals surface area contributed by atoms with E-state index in [0.29, 0.717) is 36.6 Å². The maximum absolute atomic E-state index is 14.3. The fourth-order valence-corrected chi connectivity index (χ4v) is 11.0. The van der Waals surface area contributed by atoms with Gasteiger partial charge in [-0.2, -0.15) is 0 Å². The summed E-state index contributed by atoms with van der Waals surface area (Å²) in [7, 11) is 9.04. The van der Waals surface area contributed by atoms with Crippen molar-refractivity contribution >= 4 is 80.5 Å². The van der Waals surface area contributed by atoms with Crippen molar-refractivity contribution in [2.24, 2.45) is 11.8 Å². The molecular formula is C48H70ClN5O14S2. The molecule has 0 saturated carbocycles. The first-order chi connectivity index (χ1) is 32.7. The fourth-order valence-electron chi connectivity index (χ4n) is 8.19. The van der Waals surface area contributed by atoms with Crippen LogP contribution in [0.3, 0.4) is 0 Å². The molecule has 9 atom stereocenters. The minimum absolute atomic E-state index is 0.0507. The standard InChI is InChI=1S/C48H70ClN5O14S2/c1-27-13-12-14-35(65-11)48(63)26-34(66-45(62)52-48)29(3)42-47(7,68-42)36(25-39(57)54(9)32-23-31(21-27)24-33(64-10)41(32)49)67-44(61)30(4)53(8)38(56)15-17-46(5,6)70-69-20-19-50-37(55)16-18-51-43(60)28(2)22-40(58)59/h12-14,23-24,28-30,34-36,42,63H,15-22,25-26H2,1-11H3,(H,50,55)(H,51,60)(H,52,62)(H,58,59)/b14-12+,27-13+/t28?,29-,30+,34+,35-,36+,42+,47+,48+/m1/s1. The summed E-state index contributed by atoms with van der Waals surface area (Å²) in [5.74, 6) is -3.68. The van der Waals surface area contributed by atoms with Crippen LogP contribution in [-0.2, 0) is 54.1 Å². The number of carboxylic acids is 1. The number of amides is 5. The van der Waals surface area contributed by atoms with Crippen LogP contribution in [0.4, 0.5) is 10.5 Å². The van der Waals surface area contributed by atoms with E-state index in [9.17, 15) is 38.7 Å². The lowest BCUT2D eigenvalue weighted by Gasteiger charge is -2.42. The van der Waals surface area contributed by atoms with Crippen LogP contribution in [0.25, 0.3) is 0 Å². The number of rotatable bonds is 19. The van der Waals surface area contributed by atoms with E-state index in [2.05, 4.69) is 16.0 Å². The van der Waals surface area contributed by atoms with Crippen LogP contribution in [0.2, 0.25) is 5.02 Å². The Labute approximate surface area is 423 Å². The summed E-state index contributed by atoms with van der Waals surface area (Å²) >= 11 is 6.81. The average molecular weight is 1040 g/mol. The number of likely N-dealkylation sites (N-methyl/N-ethyl adjacent to an activating group) is 1. The van der Waals surface area contributed by atoms with E-state index in [-0.39, 0.29) is 60.2 Å². The van der Waals surface area contributed by atoms with E-state index in [4.69, 9.17) is 40.4 Å². The Kier molecular flexibility index (Phi) is 20.9. The van der Waals surface area contributed by atoms with Crippen molar-refractivity contribution in [3.05, 3.63) is 46.5 Å². The third-order valence-corrected chi connectivity index (χ3v) is 16.6. The fraction of sp³-hybridized carbons (Fsp3) is 0.646. The molecule has 3 heterocycles. The zero-order chi connectivity index (χ0) is 52.3. The number of alkyl carbamates (subject to hydrolysis) is 1. The Morgan fingerprint density at radius 1 is 1.11 bits per heavy atom. The van der Waals surface area contributed by atoms with Crippen molar-refractivity contribution in [1.82, 2.24) is 20.9 Å². The van der Waals surface area contributed by atoms with Gasteiger partial charge in [0.2, 0.25) is 23.6 Å². The number of ether oxygens (including phenoxy) is 5. The second-order valence-corrected chi connectivity index (χ2v) is 22.5. The van der Waals surface area contributed by atoms with E-state index in [1.54, 1.807) is 56.0 Å². The van der Waals surface area contributed by atoms with Gasteiger partial charge in [-0.15, -0.1) is 0 Å². The summed E-state index contributed by atoms with van der Waals surface area (Å²) in [4.78, 5) is 92.7. The van der Waals surface area contributed by atoms with Gasteiger partial charge in [-0.05, 0) is 65.2 Å². The Hall–Kier alpha value is -4.54. The molecule has 0 aromatic heterocycles. The molecule has 1 unspecified atom stereocenters. The molecular weight excluding hydrogens is 970 g/mol. The van der Waals surface area contributed by atoms with Gasteiger partial charge in [-0.1, -0.05) is 70.8 Å².